The summed E-state index contributed by atoms with van der Waals surface area (Å²) in [7, 11) is 0. The normalized spacial score (nSPS) is 15.6. The van der Waals surface area contributed by atoms with E-state index in [0.29, 0.717) is 48.3 Å². The maximum Gasteiger partial charge on any atom is 0.434 e. The van der Waals surface area contributed by atoms with Gasteiger partial charge in [0, 0.05) is 60.3 Å². The Kier molecular flexibility index (Phi) is 6.94. The molecule has 0 radical (unpaired) electrons. The second-order valence-electron chi connectivity index (χ2n) is 8.38. The van der Waals surface area contributed by atoms with Gasteiger partial charge in [0.15, 0.2) is 5.69 Å². The number of aromatic nitrogens is 5. The minimum atomic E-state index is -4.60. The summed E-state index contributed by atoms with van der Waals surface area (Å²) in [6.45, 7) is 3.10. The molecule has 198 valence electrons. The van der Waals surface area contributed by atoms with E-state index in [-0.39, 0.29) is 22.7 Å². The first-order valence-corrected chi connectivity index (χ1v) is 12.4. The summed E-state index contributed by atoms with van der Waals surface area (Å²) in [6, 6.07) is 2.92. The van der Waals surface area contributed by atoms with Crippen LogP contribution in [-0.2, 0) is 6.18 Å². The van der Waals surface area contributed by atoms with Crippen molar-refractivity contribution in [1.29, 1.82) is 0 Å². The quantitative estimate of drug-likeness (QED) is 0.326. The number of hydrogen-bond donors (Lipinski definition) is 3. The summed E-state index contributed by atoms with van der Waals surface area (Å²) < 4.78 is 45.6. The van der Waals surface area contributed by atoms with Gasteiger partial charge in [0.1, 0.15) is 10.8 Å². The molecule has 5 rings (SSSR count). The lowest BCUT2D eigenvalue weighted by Gasteiger charge is -2.12. The zero-order valence-electron chi connectivity index (χ0n) is 19.9. The number of halogens is 3. The van der Waals surface area contributed by atoms with Gasteiger partial charge < -0.3 is 19.7 Å². The topological polar surface area (TPSA) is 142 Å². The minimum absolute atomic E-state index is 0.0896. The van der Waals surface area contributed by atoms with Crippen LogP contribution in [-0.4, -0.2) is 62.0 Å². The van der Waals surface area contributed by atoms with Crippen LogP contribution in [0.2, 0.25) is 0 Å². The first-order chi connectivity index (χ1) is 18.2. The predicted molar refractivity (Wildman–Crippen MR) is 132 cm³/mol. The van der Waals surface area contributed by atoms with Crippen molar-refractivity contribution in [1.82, 2.24) is 30.5 Å². The third-order valence-electron chi connectivity index (χ3n) is 5.65. The number of aliphatic hydroxyl groups excluding tert-OH is 1. The molecule has 3 N–H and O–H groups in total. The van der Waals surface area contributed by atoms with E-state index in [1.807, 2.05) is 0 Å². The predicted octanol–water partition coefficient (Wildman–Crippen LogP) is 4.05. The van der Waals surface area contributed by atoms with Gasteiger partial charge in [-0.2, -0.15) is 13.2 Å². The molecular formula is C23H21F3N8O3S. The maximum absolute atomic E-state index is 13.3. The average molecular weight is 547 g/mol. The zero-order chi connectivity index (χ0) is 26.9. The number of carbonyl (C=O) groups excluding carboxylic acids is 1. The number of urea groups is 1. The van der Waals surface area contributed by atoms with E-state index < -0.39 is 24.0 Å². The molecule has 1 aliphatic rings. The van der Waals surface area contributed by atoms with E-state index in [1.165, 1.54) is 24.7 Å². The Hall–Kier alpha value is -4.11. The zero-order valence-corrected chi connectivity index (χ0v) is 20.7. The van der Waals surface area contributed by atoms with Crippen molar-refractivity contribution in [2.45, 2.75) is 25.6 Å². The van der Waals surface area contributed by atoms with Crippen LogP contribution in [0.1, 0.15) is 19.0 Å². The summed E-state index contributed by atoms with van der Waals surface area (Å²) in [4.78, 5) is 26.1. The molecule has 0 unspecified atom stereocenters. The van der Waals surface area contributed by atoms with E-state index in [0.717, 1.165) is 16.7 Å². The highest BCUT2D eigenvalue weighted by atomic mass is 32.1. The Morgan fingerprint density at radius 2 is 2.03 bits per heavy atom. The lowest BCUT2D eigenvalue weighted by molar-refractivity contribution is -0.140. The molecule has 4 aromatic heterocycles. The molecule has 0 bridgehead atoms. The lowest BCUT2D eigenvalue weighted by atomic mass is 10.0. The monoisotopic (exact) mass is 546 g/mol. The average Bonchev–Trinajstić information content (AvgIpc) is 3.65. The second-order valence-corrected chi connectivity index (χ2v) is 9.23. The number of thiazole rings is 1. The Morgan fingerprint density at radius 1 is 1.21 bits per heavy atom. The summed E-state index contributed by atoms with van der Waals surface area (Å²) >= 11 is 0.820. The molecule has 1 saturated heterocycles. The van der Waals surface area contributed by atoms with Crippen molar-refractivity contribution >= 4 is 29.2 Å². The molecule has 5 heterocycles. The molecule has 38 heavy (non-hydrogen) atoms. The van der Waals surface area contributed by atoms with Crippen molar-refractivity contribution in [3.63, 3.8) is 0 Å². The Bertz CT molecular complexity index is 1460. The molecule has 4 aromatic rings. The van der Waals surface area contributed by atoms with Gasteiger partial charge in [0.05, 0.1) is 11.7 Å². The SMILES string of the molecule is CCNC(=O)Nc1cc(-c2nc(C(F)(F)F)cs2)c(-c2cncc(-c3nnc(N4CC[C@H](O)C4)o3)c2)cn1. The number of nitrogens with zero attached hydrogens (tertiary/aromatic N) is 6. The molecule has 0 spiro atoms. The van der Waals surface area contributed by atoms with Gasteiger partial charge in [-0.3, -0.25) is 10.3 Å². The van der Waals surface area contributed by atoms with Crippen molar-refractivity contribution in [2.75, 3.05) is 29.9 Å². The maximum atomic E-state index is 13.3. The van der Waals surface area contributed by atoms with Gasteiger partial charge in [-0.05, 0) is 25.5 Å². The number of rotatable bonds is 6. The number of amides is 2. The first-order valence-electron chi connectivity index (χ1n) is 11.5. The summed E-state index contributed by atoms with van der Waals surface area (Å²) in [6.07, 6.45) is -0.00195. The second kappa shape index (κ2) is 10.3. The largest absolute Gasteiger partial charge is 0.434 e. The first kappa shape index (κ1) is 25.5. The van der Waals surface area contributed by atoms with E-state index in [1.54, 1.807) is 17.9 Å². The molecular weight excluding hydrogens is 525 g/mol. The fraction of sp³-hybridized carbons (Fsp3) is 0.304. The van der Waals surface area contributed by atoms with E-state index in [4.69, 9.17) is 4.42 Å². The van der Waals surface area contributed by atoms with E-state index in [9.17, 15) is 23.1 Å². The Morgan fingerprint density at radius 3 is 2.74 bits per heavy atom. The fourth-order valence-electron chi connectivity index (χ4n) is 3.86. The highest BCUT2D eigenvalue weighted by Crippen LogP contribution is 2.39. The van der Waals surface area contributed by atoms with Gasteiger partial charge in [-0.1, -0.05) is 5.10 Å². The van der Waals surface area contributed by atoms with Crippen molar-refractivity contribution in [2.24, 2.45) is 0 Å². The van der Waals surface area contributed by atoms with Crippen LogP contribution in [0.3, 0.4) is 0 Å². The fourth-order valence-corrected chi connectivity index (χ4v) is 4.72. The van der Waals surface area contributed by atoms with Crippen molar-refractivity contribution in [3.8, 4) is 33.2 Å². The van der Waals surface area contributed by atoms with Gasteiger partial charge >= 0.3 is 18.2 Å². The highest BCUT2D eigenvalue weighted by Gasteiger charge is 2.34. The van der Waals surface area contributed by atoms with Crippen LogP contribution in [0.5, 0.6) is 0 Å². The number of pyridine rings is 2. The standard InChI is InChI=1S/C23H21F3N8O3S/c1-2-28-21(36)31-18-6-15(20-30-17(11-38-20)23(24,25)26)16(9-29-18)12-5-13(8-27-7-12)19-32-33-22(37-19)34-4-3-14(35)10-34/h5-9,11,14,35H,2-4,10H2,1H3,(H2,28,29,31,36)/t14-/m0/s1. The smallest absolute Gasteiger partial charge is 0.403 e. The van der Waals surface area contributed by atoms with Crippen molar-refractivity contribution < 1.29 is 27.5 Å². The van der Waals surface area contributed by atoms with Crippen LogP contribution in [0.15, 0.2) is 40.5 Å². The summed E-state index contributed by atoms with van der Waals surface area (Å²) in [5, 5.41) is 24.1. The highest BCUT2D eigenvalue weighted by molar-refractivity contribution is 7.13. The van der Waals surface area contributed by atoms with Crippen LogP contribution in [0, 0.1) is 0 Å². The van der Waals surface area contributed by atoms with Gasteiger partial charge in [-0.15, -0.1) is 16.4 Å². The molecule has 1 fully saturated rings. The van der Waals surface area contributed by atoms with Gasteiger partial charge in [0.2, 0.25) is 0 Å². The van der Waals surface area contributed by atoms with E-state index >= 15 is 0 Å². The van der Waals surface area contributed by atoms with Gasteiger partial charge in [-0.25, -0.2) is 14.8 Å². The number of aliphatic hydroxyl groups is 1. The number of hydrogen-bond acceptors (Lipinski definition) is 10. The van der Waals surface area contributed by atoms with Crippen molar-refractivity contribution in [3.05, 3.63) is 41.8 Å². The molecule has 0 saturated carbocycles. The number of β-amino-alcohol motifs (C(OH)–C–C–N with tert-alkyl or cyclic N) is 1. The molecule has 0 aliphatic carbocycles. The van der Waals surface area contributed by atoms with Crippen LogP contribution >= 0.6 is 11.3 Å². The molecule has 1 atom stereocenters. The third kappa shape index (κ3) is 5.43. The summed E-state index contributed by atoms with van der Waals surface area (Å²) in [5.74, 6) is 0.324. The van der Waals surface area contributed by atoms with Crippen LogP contribution < -0.4 is 15.5 Å². The molecule has 11 nitrogen and oxygen atoms in total. The third-order valence-corrected chi connectivity index (χ3v) is 6.53. The number of anilines is 2. The number of nitrogens with one attached hydrogen (secondary N) is 2. The van der Waals surface area contributed by atoms with Crippen LogP contribution in [0.4, 0.5) is 29.8 Å². The molecule has 0 aromatic carbocycles. The number of alkyl halides is 3. The van der Waals surface area contributed by atoms with Crippen LogP contribution in [0.25, 0.3) is 33.2 Å². The molecule has 2 amide bonds. The minimum Gasteiger partial charge on any atom is -0.403 e. The number of carbonyl (C=O) groups is 1. The summed E-state index contributed by atoms with van der Waals surface area (Å²) in [5.41, 5.74) is 0.729. The molecule has 15 heteroatoms. The van der Waals surface area contributed by atoms with Gasteiger partial charge in [0.25, 0.3) is 5.89 Å². The Labute approximate surface area is 217 Å². The lowest BCUT2D eigenvalue weighted by Crippen LogP contribution is -2.28. The van der Waals surface area contributed by atoms with E-state index in [2.05, 4.69) is 35.8 Å². The Balaban J connectivity index is 1.52. The molecule has 1 aliphatic heterocycles.